The quantitative estimate of drug-likeness (QED) is 0.354. The van der Waals surface area contributed by atoms with E-state index in [1.165, 1.54) is 5.56 Å². The summed E-state index contributed by atoms with van der Waals surface area (Å²) in [5.74, 6) is 1.28. The highest BCUT2D eigenvalue weighted by molar-refractivity contribution is 9.10. The summed E-state index contributed by atoms with van der Waals surface area (Å²) in [5, 5.41) is 3.04. The van der Waals surface area contributed by atoms with Gasteiger partial charge in [0.25, 0.3) is 0 Å². The van der Waals surface area contributed by atoms with E-state index < -0.39 is 0 Å². The predicted molar refractivity (Wildman–Crippen MR) is 137 cm³/mol. The van der Waals surface area contributed by atoms with Crippen LogP contribution in [0.3, 0.4) is 0 Å². The molecule has 1 heterocycles. The average molecular weight is 514 g/mol. The number of nitrogens with zero attached hydrogens (tertiary/aromatic N) is 2. The molecular weight excluding hydrogens is 490 g/mol. The normalized spacial score (nSPS) is 11.9. The number of halogens is 1. The topological polar surface area (TPSA) is 64.1 Å². The van der Waals surface area contributed by atoms with Gasteiger partial charge in [-0.3, -0.25) is 4.79 Å². The van der Waals surface area contributed by atoms with Crippen molar-refractivity contribution in [1.29, 1.82) is 0 Å². The van der Waals surface area contributed by atoms with Gasteiger partial charge in [0, 0.05) is 16.5 Å². The average Bonchev–Trinajstić information content (AvgIpc) is 2.86. The summed E-state index contributed by atoms with van der Waals surface area (Å²) >= 11 is 3.44. The molecule has 1 N–H and O–H groups in total. The van der Waals surface area contributed by atoms with Crippen LogP contribution in [0.4, 0.5) is 5.82 Å². The van der Waals surface area contributed by atoms with Crippen molar-refractivity contribution < 1.29 is 9.53 Å². The van der Waals surface area contributed by atoms with Gasteiger partial charge in [-0.15, -0.1) is 0 Å². The highest BCUT2D eigenvalue weighted by atomic mass is 79.9. The fourth-order valence-corrected chi connectivity index (χ4v) is 4.52. The van der Waals surface area contributed by atoms with E-state index in [2.05, 4.69) is 45.5 Å². The molecule has 4 aromatic rings. The Bertz CT molecular complexity index is 1340. The van der Waals surface area contributed by atoms with Gasteiger partial charge >= 0.3 is 0 Å². The molecule has 0 bridgehead atoms. The van der Waals surface area contributed by atoms with Crippen molar-refractivity contribution in [3.63, 3.8) is 0 Å². The monoisotopic (exact) mass is 513 g/mol. The summed E-state index contributed by atoms with van der Waals surface area (Å²) in [5.41, 5.74) is 6.91. The highest BCUT2D eigenvalue weighted by Crippen LogP contribution is 2.35. The molecule has 3 aromatic carbocycles. The van der Waals surface area contributed by atoms with Gasteiger partial charge in [0.05, 0.1) is 30.6 Å². The van der Waals surface area contributed by atoms with Crippen molar-refractivity contribution in [1.82, 2.24) is 9.97 Å². The first-order valence-corrected chi connectivity index (χ1v) is 12.0. The van der Waals surface area contributed by atoms with Crippen LogP contribution in [0.15, 0.2) is 77.3 Å². The number of amides is 1. The first kappa shape index (κ1) is 22.3. The van der Waals surface area contributed by atoms with E-state index in [-0.39, 0.29) is 12.3 Å². The van der Waals surface area contributed by atoms with Crippen LogP contribution >= 0.6 is 15.9 Å². The second-order valence-electron chi connectivity index (χ2n) is 8.35. The number of fused-ring (bicyclic) bond motifs is 3. The van der Waals surface area contributed by atoms with Gasteiger partial charge in [-0.1, -0.05) is 58.4 Å². The molecule has 0 fully saturated rings. The van der Waals surface area contributed by atoms with E-state index in [0.717, 1.165) is 56.8 Å². The van der Waals surface area contributed by atoms with E-state index in [0.29, 0.717) is 12.2 Å². The summed E-state index contributed by atoms with van der Waals surface area (Å²) in [6.45, 7) is 0. The number of nitrogens with one attached hydrogen (secondary N) is 1. The molecule has 0 radical (unpaired) electrons. The van der Waals surface area contributed by atoms with Gasteiger partial charge in [-0.2, -0.15) is 0 Å². The smallest absolute Gasteiger partial charge is 0.229 e. The molecule has 170 valence electrons. The molecule has 1 amide bonds. The third-order valence-corrected chi connectivity index (χ3v) is 6.52. The molecule has 5 rings (SSSR count). The predicted octanol–water partition coefficient (Wildman–Crippen LogP) is 5.79. The van der Waals surface area contributed by atoms with Crippen molar-refractivity contribution in [2.75, 3.05) is 12.4 Å². The van der Waals surface area contributed by atoms with Gasteiger partial charge in [-0.05, 0) is 59.9 Å². The van der Waals surface area contributed by atoms with Crippen molar-refractivity contribution in [2.24, 2.45) is 0 Å². The van der Waals surface area contributed by atoms with Crippen LogP contribution in [0.5, 0.6) is 5.75 Å². The van der Waals surface area contributed by atoms with Crippen molar-refractivity contribution in [2.45, 2.75) is 25.7 Å². The second kappa shape index (κ2) is 9.77. The lowest BCUT2D eigenvalue weighted by Gasteiger charge is -2.21. The van der Waals surface area contributed by atoms with Crippen LogP contribution in [-0.2, 0) is 30.5 Å². The van der Waals surface area contributed by atoms with Crippen molar-refractivity contribution in [3.05, 3.63) is 105 Å². The lowest BCUT2D eigenvalue weighted by atomic mass is 9.91. The van der Waals surface area contributed by atoms with Gasteiger partial charge < -0.3 is 10.1 Å². The van der Waals surface area contributed by atoms with Gasteiger partial charge in [0.1, 0.15) is 5.75 Å². The Morgan fingerprint density at radius 2 is 1.76 bits per heavy atom. The molecular formula is C28H24BrN3O2. The molecule has 5 nitrogen and oxygen atoms in total. The Hall–Kier alpha value is -3.51. The van der Waals surface area contributed by atoms with Crippen molar-refractivity contribution >= 4 is 27.7 Å². The molecule has 0 spiro atoms. The van der Waals surface area contributed by atoms with Crippen LogP contribution in [0.25, 0.3) is 11.3 Å². The summed E-state index contributed by atoms with van der Waals surface area (Å²) in [6, 6.07) is 24.0. The van der Waals surface area contributed by atoms with E-state index in [1.807, 2.05) is 48.5 Å². The van der Waals surface area contributed by atoms with Crippen LogP contribution < -0.4 is 10.1 Å². The molecule has 0 aliphatic heterocycles. The number of ether oxygens (including phenoxy) is 1. The Balaban J connectivity index is 1.50. The maximum absolute atomic E-state index is 12.9. The maximum atomic E-state index is 12.9. The summed E-state index contributed by atoms with van der Waals surface area (Å²) in [4.78, 5) is 22.9. The minimum absolute atomic E-state index is 0.105. The third-order valence-electron chi connectivity index (χ3n) is 5.99. The number of carbonyl (C=O) groups is 1. The zero-order valence-electron chi connectivity index (χ0n) is 18.8. The lowest BCUT2D eigenvalue weighted by molar-refractivity contribution is -0.115. The van der Waals surface area contributed by atoms with Crippen LogP contribution in [0.2, 0.25) is 0 Å². The number of benzene rings is 3. The van der Waals surface area contributed by atoms with Crippen LogP contribution in [0, 0.1) is 0 Å². The molecule has 0 atom stereocenters. The van der Waals surface area contributed by atoms with Gasteiger partial charge in [0.15, 0.2) is 5.82 Å². The van der Waals surface area contributed by atoms with Crippen LogP contribution in [-0.4, -0.2) is 23.0 Å². The molecule has 34 heavy (non-hydrogen) atoms. The number of aromatic nitrogens is 2. The number of rotatable bonds is 6. The summed E-state index contributed by atoms with van der Waals surface area (Å²) in [6.07, 6.45) is 2.49. The van der Waals surface area contributed by atoms with E-state index >= 15 is 0 Å². The first-order chi connectivity index (χ1) is 16.6. The standard InChI is InChI=1S/C28H24BrN3O2/c1-34-22-12-13-23-20(17-22)9-14-24-27(23)30-25(15-18-5-3-2-4-6-18)28(31-24)32-26(33)16-19-7-10-21(29)11-8-19/h2-8,10-13,17H,9,14-16H2,1H3,(H,31,32,33). The maximum Gasteiger partial charge on any atom is 0.229 e. The van der Waals surface area contributed by atoms with E-state index in [9.17, 15) is 4.79 Å². The van der Waals surface area contributed by atoms with Crippen molar-refractivity contribution in [3.8, 4) is 17.0 Å². The molecule has 1 aliphatic rings. The minimum Gasteiger partial charge on any atom is -0.497 e. The highest BCUT2D eigenvalue weighted by Gasteiger charge is 2.23. The number of methoxy groups -OCH3 is 1. The van der Waals surface area contributed by atoms with E-state index in [1.54, 1.807) is 7.11 Å². The Labute approximate surface area is 207 Å². The zero-order chi connectivity index (χ0) is 23.5. The molecule has 1 aliphatic carbocycles. The zero-order valence-corrected chi connectivity index (χ0v) is 20.4. The Morgan fingerprint density at radius 3 is 2.53 bits per heavy atom. The fraction of sp³-hybridized carbons (Fsp3) is 0.179. The minimum atomic E-state index is -0.105. The Kier molecular flexibility index (Phi) is 6.41. The number of carbonyl (C=O) groups excluding carboxylic acids is 1. The van der Waals surface area contributed by atoms with E-state index in [4.69, 9.17) is 14.7 Å². The number of hydrogen-bond donors (Lipinski definition) is 1. The molecule has 0 saturated heterocycles. The Morgan fingerprint density at radius 1 is 0.971 bits per heavy atom. The molecule has 1 aromatic heterocycles. The lowest BCUT2D eigenvalue weighted by Crippen LogP contribution is -2.20. The molecule has 0 saturated carbocycles. The van der Waals surface area contributed by atoms with Crippen LogP contribution in [0.1, 0.15) is 28.1 Å². The summed E-state index contributed by atoms with van der Waals surface area (Å²) in [7, 11) is 1.68. The fourth-order valence-electron chi connectivity index (χ4n) is 4.26. The molecule has 6 heteroatoms. The largest absolute Gasteiger partial charge is 0.497 e. The third kappa shape index (κ3) is 4.87. The molecule has 0 unspecified atom stereocenters. The van der Waals surface area contributed by atoms with Gasteiger partial charge in [0.2, 0.25) is 5.91 Å². The van der Waals surface area contributed by atoms with Gasteiger partial charge in [-0.25, -0.2) is 9.97 Å². The number of hydrogen-bond acceptors (Lipinski definition) is 4. The SMILES string of the molecule is COc1ccc2c(c1)CCc1nc(NC(=O)Cc3ccc(Br)cc3)c(Cc3ccccc3)nc1-2. The second-order valence-corrected chi connectivity index (χ2v) is 9.27. The first-order valence-electron chi connectivity index (χ1n) is 11.2. The number of anilines is 1. The number of aryl methyl sites for hydroxylation is 2. The summed E-state index contributed by atoms with van der Waals surface area (Å²) < 4.78 is 6.39.